The van der Waals surface area contributed by atoms with Crippen molar-refractivity contribution in [3.63, 3.8) is 0 Å². The van der Waals surface area contributed by atoms with E-state index in [1.54, 1.807) is 13.8 Å². The summed E-state index contributed by atoms with van der Waals surface area (Å²) in [4.78, 5) is 18.0. The Kier molecular flexibility index (Phi) is 3.52. The maximum atomic E-state index is 12.9. The molecule has 1 unspecified atom stereocenters. The number of carbonyl (C=O) groups excluding carboxylic acids is 1. The van der Waals surface area contributed by atoms with Gasteiger partial charge in [-0.25, -0.2) is 0 Å². The number of aromatic nitrogens is 1. The Morgan fingerprint density at radius 1 is 1.36 bits per heavy atom. The molecule has 1 aromatic carbocycles. The molecule has 0 spiro atoms. The van der Waals surface area contributed by atoms with Crippen LogP contribution in [0.2, 0.25) is 0 Å². The molecule has 1 saturated heterocycles. The average Bonchev–Trinajstić information content (AvgIpc) is 3.04. The van der Waals surface area contributed by atoms with Gasteiger partial charge >= 0.3 is 0 Å². The van der Waals surface area contributed by atoms with Gasteiger partial charge in [0.05, 0.1) is 11.6 Å². The normalized spacial score (nSPS) is 19.1. The third kappa shape index (κ3) is 2.41. The van der Waals surface area contributed by atoms with Gasteiger partial charge in [-0.1, -0.05) is 0 Å². The van der Waals surface area contributed by atoms with Crippen molar-refractivity contribution in [2.45, 2.75) is 52.2 Å². The molecule has 2 heterocycles. The fraction of sp³-hybridized carbons (Fsp3) is 0.500. The summed E-state index contributed by atoms with van der Waals surface area (Å²) in [7, 11) is 0. The van der Waals surface area contributed by atoms with Crippen molar-refractivity contribution >= 4 is 16.8 Å². The van der Waals surface area contributed by atoms with Gasteiger partial charge in [0.25, 0.3) is 5.91 Å². The molecule has 1 fully saturated rings. The summed E-state index contributed by atoms with van der Waals surface area (Å²) in [5.41, 5.74) is 3.22. The first-order valence-corrected chi connectivity index (χ1v) is 7.91. The lowest BCUT2D eigenvalue weighted by molar-refractivity contribution is 0.000343. The standard InChI is InChI=1S/C18H24N2O2/c1-11-12(2)19-15-8-7-13(10-14(11)15)17(21)20-9-5-6-16(20)18(3,4)22/h7-8,10,16,19,22H,5-6,9H2,1-4H3. The Bertz CT molecular complexity index is 724. The van der Waals surface area contributed by atoms with Gasteiger partial charge in [0.1, 0.15) is 0 Å². The minimum atomic E-state index is -0.864. The number of rotatable bonds is 2. The van der Waals surface area contributed by atoms with E-state index in [4.69, 9.17) is 0 Å². The Labute approximate surface area is 131 Å². The number of aryl methyl sites for hydroxylation is 2. The summed E-state index contributed by atoms with van der Waals surface area (Å²) in [5, 5.41) is 11.4. The highest BCUT2D eigenvalue weighted by molar-refractivity contribution is 5.99. The molecule has 1 aliphatic heterocycles. The number of carbonyl (C=O) groups is 1. The number of amides is 1. The quantitative estimate of drug-likeness (QED) is 0.895. The molecule has 1 atom stereocenters. The van der Waals surface area contributed by atoms with E-state index in [9.17, 15) is 9.90 Å². The number of benzene rings is 1. The molecule has 118 valence electrons. The predicted molar refractivity (Wildman–Crippen MR) is 88.1 cm³/mol. The van der Waals surface area contributed by atoms with E-state index in [-0.39, 0.29) is 11.9 Å². The molecular weight excluding hydrogens is 276 g/mol. The molecule has 0 bridgehead atoms. The van der Waals surface area contributed by atoms with Gasteiger partial charge in [-0.15, -0.1) is 0 Å². The van der Waals surface area contributed by atoms with Gasteiger partial charge in [0.2, 0.25) is 0 Å². The molecule has 2 aromatic rings. The molecule has 0 aliphatic carbocycles. The van der Waals surface area contributed by atoms with Crippen molar-refractivity contribution < 1.29 is 9.90 Å². The first kappa shape index (κ1) is 15.1. The summed E-state index contributed by atoms with van der Waals surface area (Å²) in [6, 6.07) is 5.71. The molecular formula is C18H24N2O2. The molecule has 1 aliphatic rings. The van der Waals surface area contributed by atoms with Gasteiger partial charge in [0, 0.05) is 28.7 Å². The Morgan fingerprint density at radius 2 is 2.09 bits per heavy atom. The monoisotopic (exact) mass is 300 g/mol. The molecule has 4 heteroatoms. The van der Waals surface area contributed by atoms with E-state index >= 15 is 0 Å². The van der Waals surface area contributed by atoms with Crippen molar-refractivity contribution in [3.05, 3.63) is 35.0 Å². The van der Waals surface area contributed by atoms with E-state index in [0.29, 0.717) is 5.56 Å². The van der Waals surface area contributed by atoms with E-state index in [1.165, 1.54) is 5.56 Å². The van der Waals surface area contributed by atoms with Crippen LogP contribution in [0.3, 0.4) is 0 Å². The second-order valence-electron chi connectivity index (χ2n) is 6.95. The number of hydrogen-bond acceptors (Lipinski definition) is 2. The summed E-state index contributed by atoms with van der Waals surface area (Å²) in [5.74, 6) is 0.0183. The fourth-order valence-corrected chi connectivity index (χ4v) is 3.50. The zero-order chi connectivity index (χ0) is 16.1. The number of aromatic amines is 1. The first-order valence-electron chi connectivity index (χ1n) is 7.91. The number of nitrogens with one attached hydrogen (secondary N) is 1. The van der Waals surface area contributed by atoms with Crippen LogP contribution in [0.15, 0.2) is 18.2 Å². The van der Waals surface area contributed by atoms with Crippen LogP contribution in [-0.4, -0.2) is 39.1 Å². The Balaban J connectivity index is 1.96. The van der Waals surface area contributed by atoms with Crippen LogP contribution in [0, 0.1) is 13.8 Å². The zero-order valence-electron chi connectivity index (χ0n) is 13.7. The number of aliphatic hydroxyl groups is 1. The zero-order valence-corrected chi connectivity index (χ0v) is 13.7. The summed E-state index contributed by atoms with van der Waals surface area (Å²) < 4.78 is 0. The molecule has 0 saturated carbocycles. The minimum absolute atomic E-state index is 0.0183. The maximum absolute atomic E-state index is 12.9. The molecule has 3 rings (SSSR count). The summed E-state index contributed by atoms with van der Waals surface area (Å²) >= 11 is 0. The van der Waals surface area contributed by atoms with Gasteiger partial charge in [-0.3, -0.25) is 4.79 Å². The molecule has 4 nitrogen and oxygen atoms in total. The van der Waals surface area contributed by atoms with Crippen molar-refractivity contribution in [1.29, 1.82) is 0 Å². The minimum Gasteiger partial charge on any atom is -0.388 e. The van der Waals surface area contributed by atoms with Crippen molar-refractivity contribution in [3.8, 4) is 0 Å². The lowest BCUT2D eigenvalue weighted by Crippen LogP contribution is -2.48. The number of H-pyrrole nitrogens is 1. The average molecular weight is 300 g/mol. The largest absolute Gasteiger partial charge is 0.388 e. The number of hydrogen-bond donors (Lipinski definition) is 2. The molecule has 2 N–H and O–H groups in total. The molecule has 22 heavy (non-hydrogen) atoms. The summed E-state index contributed by atoms with van der Waals surface area (Å²) in [6.07, 6.45) is 1.81. The molecule has 1 amide bonds. The second-order valence-corrected chi connectivity index (χ2v) is 6.95. The van der Waals surface area contributed by atoms with Crippen molar-refractivity contribution in [2.75, 3.05) is 6.54 Å². The molecule has 1 aromatic heterocycles. The highest BCUT2D eigenvalue weighted by atomic mass is 16.3. The van der Waals surface area contributed by atoms with Gasteiger partial charge in [0.15, 0.2) is 0 Å². The van der Waals surface area contributed by atoms with E-state index in [1.807, 2.05) is 30.0 Å². The number of nitrogens with zero attached hydrogens (tertiary/aromatic N) is 1. The SMILES string of the molecule is Cc1[nH]c2ccc(C(=O)N3CCCC3C(C)(C)O)cc2c1C. The van der Waals surface area contributed by atoms with Crippen LogP contribution in [-0.2, 0) is 0 Å². The van der Waals surface area contributed by atoms with E-state index in [2.05, 4.69) is 11.9 Å². The predicted octanol–water partition coefficient (Wildman–Crippen LogP) is 3.16. The van der Waals surface area contributed by atoms with E-state index in [0.717, 1.165) is 36.0 Å². The van der Waals surface area contributed by atoms with Crippen LogP contribution in [0.25, 0.3) is 10.9 Å². The van der Waals surface area contributed by atoms with Gasteiger partial charge in [-0.2, -0.15) is 0 Å². The van der Waals surface area contributed by atoms with E-state index < -0.39 is 5.60 Å². The third-order valence-corrected chi connectivity index (χ3v) is 4.88. The second kappa shape index (κ2) is 5.13. The Morgan fingerprint density at radius 3 is 2.77 bits per heavy atom. The van der Waals surface area contributed by atoms with Crippen LogP contribution >= 0.6 is 0 Å². The van der Waals surface area contributed by atoms with Crippen LogP contribution < -0.4 is 0 Å². The van der Waals surface area contributed by atoms with Gasteiger partial charge < -0.3 is 15.0 Å². The smallest absolute Gasteiger partial charge is 0.254 e. The van der Waals surface area contributed by atoms with Crippen LogP contribution in [0.4, 0.5) is 0 Å². The number of fused-ring (bicyclic) bond motifs is 1. The summed E-state index contributed by atoms with van der Waals surface area (Å²) in [6.45, 7) is 8.40. The van der Waals surface area contributed by atoms with Crippen molar-refractivity contribution in [2.24, 2.45) is 0 Å². The maximum Gasteiger partial charge on any atom is 0.254 e. The lowest BCUT2D eigenvalue weighted by Gasteiger charge is -2.33. The van der Waals surface area contributed by atoms with Gasteiger partial charge in [-0.05, 0) is 64.3 Å². The van der Waals surface area contributed by atoms with Crippen LogP contribution in [0.1, 0.15) is 48.3 Å². The topological polar surface area (TPSA) is 56.3 Å². The fourth-order valence-electron chi connectivity index (χ4n) is 3.50. The highest BCUT2D eigenvalue weighted by Crippen LogP contribution is 2.29. The lowest BCUT2D eigenvalue weighted by atomic mass is 9.96. The van der Waals surface area contributed by atoms with Crippen molar-refractivity contribution in [1.82, 2.24) is 9.88 Å². The first-order chi connectivity index (χ1) is 10.3. The van der Waals surface area contributed by atoms with Crippen LogP contribution in [0.5, 0.6) is 0 Å². The number of likely N-dealkylation sites (tertiary alicyclic amines) is 1. The highest BCUT2D eigenvalue weighted by Gasteiger charge is 2.38. The Hall–Kier alpha value is -1.81. The third-order valence-electron chi connectivity index (χ3n) is 4.88. The molecule has 0 radical (unpaired) electrons.